The predicted octanol–water partition coefficient (Wildman–Crippen LogP) is 3.23. The van der Waals surface area contributed by atoms with Gasteiger partial charge in [-0.1, -0.05) is 30.3 Å². The number of anilines is 1. The number of likely N-dealkylation sites (tertiary alicyclic amines) is 1. The van der Waals surface area contributed by atoms with Crippen LogP contribution in [-0.2, 0) is 16.1 Å². The molecule has 2 aromatic carbocycles. The first-order valence-corrected chi connectivity index (χ1v) is 10.9. The summed E-state index contributed by atoms with van der Waals surface area (Å²) < 4.78 is 13.0. The van der Waals surface area contributed by atoms with Crippen molar-refractivity contribution in [2.24, 2.45) is 5.92 Å². The third kappa shape index (κ3) is 6.54. The molecule has 3 rings (SSSR count). The van der Waals surface area contributed by atoms with Crippen molar-refractivity contribution < 1.29 is 18.8 Å². The summed E-state index contributed by atoms with van der Waals surface area (Å²) in [5.74, 6) is -1.07. The van der Waals surface area contributed by atoms with E-state index < -0.39 is 0 Å². The summed E-state index contributed by atoms with van der Waals surface area (Å²) >= 11 is 0. The van der Waals surface area contributed by atoms with Gasteiger partial charge in [-0.25, -0.2) is 9.18 Å². The van der Waals surface area contributed by atoms with Crippen LogP contribution in [0.3, 0.4) is 0 Å². The number of hydrogen-bond donors (Lipinski definition) is 2. The van der Waals surface area contributed by atoms with Crippen LogP contribution in [0.25, 0.3) is 0 Å². The largest absolute Gasteiger partial charge is 0.350 e. The Morgan fingerprint density at radius 1 is 1.09 bits per heavy atom. The van der Waals surface area contributed by atoms with Crippen LogP contribution in [0.5, 0.6) is 0 Å². The molecule has 170 valence electrons. The van der Waals surface area contributed by atoms with Gasteiger partial charge in [0.05, 0.1) is 12.5 Å². The molecular formula is C24H29FN4O3. The van der Waals surface area contributed by atoms with Crippen molar-refractivity contribution in [1.29, 1.82) is 0 Å². The second-order valence-corrected chi connectivity index (χ2v) is 7.84. The molecule has 0 bridgehead atoms. The average molecular weight is 441 g/mol. The van der Waals surface area contributed by atoms with Crippen molar-refractivity contribution in [3.05, 3.63) is 66.0 Å². The number of rotatable bonds is 7. The standard InChI is InChI=1S/C24H29FN4O3/c1-2-28(17-22(30)26-15-18-10-12-20(25)13-11-18)23(31)19-7-6-14-29(16-19)24(32)27-21-8-4-3-5-9-21/h3-5,8-13,19H,2,6-7,14-17H2,1H3,(H,26,30)(H,27,32). The third-order valence-corrected chi connectivity index (χ3v) is 5.51. The van der Waals surface area contributed by atoms with Gasteiger partial charge < -0.3 is 20.4 Å². The minimum Gasteiger partial charge on any atom is -0.350 e. The first-order chi connectivity index (χ1) is 15.5. The summed E-state index contributed by atoms with van der Waals surface area (Å²) in [6, 6.07) is 14.9. The summed E-state index contributed by atoms with van der Waals surface area (Å²) in [6.45, 7) is 3.35. The van der Waals surface area contributed by atoms with Gasteiger partial charge in [-0.05, 0) is 49.6 Å². The lowest BCUT2D eigenvalue weighted by Crippen LogP contribution is -2.49. The Kier molecular flexibility index (Phi) is 8.19. The number of nitrogens with one attached hydrogen (secondary N) is 2. The molecule has 1 atom stereocenters. The molecule has 0 radical (unpaired) electrons. The third-order valence-electron chi connectivity index (χ3n) is 5.51. The van der Waals surface area contributed by atoms with Gasteiger partial charge in [0.15, 0.2) is 0 Å². The van der Waals surface area contributed by atoms with E-state index >= 15 is 0 Å². The summed E-state index contributed by atoms with van der Waals surface area (Å²) in [6.07, 6.45) is 1.41. The summed E-state index contributed by atoms with van der Waals surface area (Å²) in [7, 11) is 0. The molecule has 0 aromatic heterocycles. The number of urea groups is 1. The van der Waals surface area contributed by atoms with Crippen molar-refractivity contribution in [2.75, 3.05) is 31.5 Å². The van der Waals surface area contributed by atoms with Crippen LogP contribution in [0.15, 0.2) is 54.6 Å². The maximum Gasteiger partial charge on any atom is 0.321 e. The van der Waals surface area contributed by atoms with E-state index in [4.69, 9.17) is 0 Å². The molecule has 1 saturated heterocycles. The van der Waals surface area contributed by atoms with E-state index in [1.807, 2.05) is 37.3 Å². The van der Waals surface area contributed by atoms with E-state index in [-0.39, 0.29) is 42.7 Å². The van der Waals surface area contributed by atoms with Crippen LogP contribution in [0, 0.1) is 11.7 Å². The fourth-order valence-electron chi connectivity index (χ4n) is 3.72. The smallest absolute Gasteiger partial charge is 0.321 e. The number of benzene rings is 2. The minimum atomic E-state index is -0.338. The fraction of sp³-hybridized carbons (Fsp3) is 0.375. The topological polar surface area (TPSA) is 81.8 Å². The Labute approximate surface area is 187 Å². The Balaban J connectivity index is 1.51. The molecule has 1 unspecified atom stereocenters. The molecule has 1 fully saturated rings. The highest BCUT2D eigenvalue weighted by molar-refractivity contribution is 5.90. The molecular weight excluding hydrogens is 411 g/mol. The Bertz CT molecular complexity index is 921. The zero-order valence-corrected chi connectivity index (χ0v) is 18.2. The van der Waals surface area contributed by atoms with E-state index in [1.54, 1.807) is 17.0 Å². The molecule has 4 amide bonds. The number of carbonyl (C=O) groups is 3. The highest BCUT2D eigenvalue weighted by atomic mass is 19.1. The molecule has 0 saturated carbocycles. The predicted molar refractivity (Wildman–Crippen MR) is 120 cm³/mol. The fourth-order valence-corrected chi connectivity index (χ4v) is 3.72. The molecule has 0 aliphatic carbocycles. The van der Waals surface area contributed by atoms with Gasteiger partial charge in [-0.3, -0.25) is 9.59 Å². The van der Waals surface area contributed by atoms with Gasteiger partial charge in [0.25, 0.3) is 0 Å². The molecule has 8 heteroatoms. The second-order valence-electron chi connectivity index (χ2n) is 7.84. The number of nitrogens with zero attached hydrogens (tertiary/aromatic N) is 2. The molecule has 1 heterocycles. The van der Waals surface area contributed by atoms with Crippen molar-refractivity contribution in [3.8, 4) is 0 Å². The minimum absolute atomic E-state index is 0.0523. The highest BCUT2D eigenvalue weighted by Gasteiger charge is 2.31. The number of likely N-dealkylation sites (N-methyl/N-ethyl adjacent to an activating group) is 1. The molecule has 1 aliphatic rings. The van der Waals surface area contributed by atoms with Gasteiger partial charge in [0, 0.05) is 31.9 Å². The van der Waals surface area contributed by atoms with Crippen LogP contribution in [0.1, 0.15) is 25.3 Å². The number of piperidine rings is 1. The van der Waals surface area contributed by atoms with Crippen LogP contribution in [-0.4, -0.2) is 53.8 Å². The van der Waals surface area contributed by atoms with Crippen molar-refractivity contribution >= 4 is 23.5 Å². The number of carbonyl (C=O) groups excluding carboxylic acids is 3. The lowest BCUT2D eigenvalue weighted by atomic mass is 9.96. The van der Waals surface area contributed by atoms with Crippen LogP contribution in [0.4, 0.5) is 14.9 Å². The van der Waals surface area contributed by atoms with Gasteiger partial charge in [0.2, 0.25) is 11.8 Å². The Morgan fingerprint density at radius 3 is 2.50 bits per heavy atom. The second kappa shape index (κ2) is 11.3. The van der Waals surface area contributed by atoms with Gasteiger partial charge >= 0.3 is 6.03 Å². The molecule has 2 N–H and O–H groups in total. The molecule has 0 spiro atoms. The van der Waals surface area contributed by atoms with E-state index in [1.165, 1.54) is 17.0 Å². The van der Waals surface area contributed by atoms with Crippen LogP contribution >= 0.6 is 0 Å². The van der Waals surface area contributed by atoms with Gasteiger partial charge in [-0.15, -0.1) is 0 Å². The zero-order chi connectivity index (χ0) is 22.9. The summed E-state index contributed by atoms with van der Waals surface area (Å²) in [5, 5.41) is 5.62. The highest BCUT2D eigenvalue weighted by Crippen LogP contribution is 2.20. The molecule has 1 aliphatic heterocycles. The van der Waals surface area contributed by atoms with E-state index in [9.17, 15) is 18.8 Å². The number of hydrogen-bond acceptors (Lipinski definition) is 3. The van der Waals surface area contributed by atoms with Crippen molar-refractivity contribution in [1.82, 2.24) is 15.1 Å². The lowest BCUT2D eigenvalue weighted by Gasteiger charge is -2.34. The van der Waals surface area contributed by atoms with E-state index in [0.29, 0.717) is 31.7 Å². The first-order valence-electron chi connectivity index (χ1n) is 10.9. The number of halogens is 1. The summed E-state index contributed by atoms with van der Waals surface area (Å²) in [4.78, 5) is 41.2. The van der Waals surface area contributed by atoms with Crippen molar-refractivity contribution in [3.63, 3.8) is 0 Å². The zero-order valence-electron chi connectivity index (χ0n) is 18.2. The molecule has 2 aromatic rings. The Hall–Kier alpha value is -3.42. The summed E-state index contributed by atoms with van der Waals surface area (Å²) in [5.41, 5.74) is 1.49. The van der Waals surface area contributed by atoms with Gasteiger partial charge in [-0.2, -0.15) is 0 Å². The maximum absolute atomic E-state index is 13.0. The SMILES string of the molecule is CCN(CC(=O)NCc1ccc(F)cc1)C(=O)C1CCCN(C(=O)Nc2ccccc2)C1. The quantitative estimate of drug-likeness (QED) is 0.694. The monoisotopic (exact) mass is 440 g/mol. The van der Waals surface area contributed by atoms with Gasteiger partial charge in [0.1, 0.15) is 5.82 Å². The van der Waals surface area contributed by atoms with E-state index in [2.05, 4.69) is 10.6 Å². The van der Waals surface area contributed by atoms with E-state index in [0.717, 1.165) is 12.0 Å². The van der Waals surface area contributed by atoms with Crippen LogP contribution < -0.4 is 10.6 Å². The van der Waals surface area contributed by atoms with Crippen molar-refractivity contribution in [2.45, 2.75) is 26.3 Å². The lowest BCUT2D eigenvalue weighted by molar-refractivity contribution is -0.140. The number of para-hydroxylation sites is 1. The maximum atomic E-state index is 13.0. The number of amides is 4. The first kappa shape index (κ1) is 23.2. The Morgan fingerprint density at radius 2 is 1.81 bits per heavy atom. The molecule has 7 nitrogen and oxygen atoms in total. The molecule has 32 heavy (non-hydrogen) atoms. The average Bonchev–Trinajstić information content (AvgIpc) is 2.82. The van der Waals surface area contributed by atoms with Crippen LogP contribution in [0.2, 0.25) is 0 Å². The normalized spacial score (nSPS) is 15.7.